The van der Waals surface area contributed by atoms with Gasteiger partial charge in [0.1, 0.15) is 5.75 Å². The van der Waals surface area contributed by atoms with Gasteiger partial charge in [-0.2, -0.15) is 0 Å². The van der Waals surface area contributed by atoms with E-state index in [1.807, 2.05) is 32.0 Å². The number of amides is 1. The Labute approximate surface area is 131 Å². The number of aryl methyl sites for hydroxylation is 2. The van der Waals surface area contributed by atoms with Crippen LogP contribution in [0, 0.1) is 13.8 Å². The van der Waals surface area contributed by atoms with E-state index >= 15 is 0 Å². The Morgan fingerprint density at radius 2 is 1.91 bits per heavy atom. The van der Waals surface area contributed by atoms with Crippen molar-refractivity contribution in [1.29, 1.82) is 0 Å². The third-order valence-corrected chi connectivity index (χ3v) is 3.31. The van der Waals surface area contributed by atoms with Crippen LogP contribution in [0.4, 0.5) is 0 Å². The zero-order valence-corrected chi connectivity index (χ0v) is 13.4. The van der Waals surface area contributed by atoms with E-state index in [0.29, 0.717) is 26.0 Å². The molecule has 0 saturated heterocycles. The molecular weight excluding hydrogens is 282 g/mol. The van der Waals surface area contributed by atoms with Gasteiger partial charge in [0.15, 0.2) is 0 Å². The number of ether oxygens (including phenoxy) is 1. The highest BCUT2D eigenvalue weighted by Crippen LogP contribution is 2.18. The van der Waals surface area contributed by atoms with Gasteiger partial charge >= 0.3 is 5.97 Å². The molecule has 122 valence electrons. The minimum atomic E-state index is -0.771. The summed E-state index contributed by atoms with van der Waals surface area (Å²) in [7, 11) is 0. The molecule has 0 atom stereocenters. The molecule has 0 aliphatic heterocycles. The highest BCUT2D eigenvalue weighted by molar-refractivity contribution is 5.75. The summed E-state index contributed by atoms with van der Waals surface area (Å²) in [4.78, 5) is 22.0. The number of aliphatic carboxylic acids is 1. The number of carbonyl (C=O) groups is 2. The van der Waals surface area contributed by atoms with Crippen LogP contribution in [0.25, 0.3) is 0 Å². The summed E-state index contributed by atoms with van der Waals surface area (Å²) in [6, 6.07) is 5.96. The fourth-order valence-corrected chi connectivity index (χ4v) is 2.11. The Morgan fingerprint density at radius 3 is 2.59 bits per heavy atom. The first-order valence-electron chi connectivity index (χ1n) is 7.67. The molecule has 1 aromatic rings. The molecule has 1 rings (SSSR count). The Morgan fingerprint density at radius 1 is 1.14 bits per heavy atom. The van der Waals surface area contributed by atoms with Gasteiger partial charge in [0, 0.05) is 13.0 Å². The lowest BCUT2D eigenvalue weighted by molar-refractivity contribution is -0.137. The molecular formula is C17H25NO4. The van der Waals surface area contributed by atoms with E-state index < -0.39 is 5.97 Å². The molecule has 0 aliphatic rings. The first kappa shape index (κ1) is 18.0. The monoisotopic (exact) mass is 307 g/mol. The first-order chi connectivity index (χ1) is 10.5. The van der Waals surface area contributed by atoms with Gasteiger partial charge in [-0.25, -0.2) is 0 Å². The smallest absolute Gasteiger partial charge is 0.303 e. The van der Waals surface area contributed by atoms with Crippen LogP contribution in [0.5, 0.6) is 5.75 Å². The summed E-state index contributed by atoms with van der Waals surface area (Å²) >= 11 is 0. The van der Waals surface area contributed by atoms with Crippen molar-refractivity contribution in [2.24, 2.45) is 0 Å². The number of benzene rings is 1. The summed E-state index contributed by atoms with van der Waals surface area (Å²) in [5.74, 6) is 0.00246. The fourth-order valence-electron chi connectivity index (χ4n) is 2.11. The molecule has 0 radical (unpaired) electrons. The van der Waals surface area contributed by atoms with Crippen LogP contribution >= 0.6 is 0 Å². The summed E-state index contributed by atoms with van der Waals surface area (Å²) in [6.07, 6.45) is 2.78. The quantitative estimate of drug-likeness (QED) is 0.652. The molecule has 0 bridgehead atoms. The summed E-state index contributed by atoms with van der Waals surface area (Å²) < 4.78 is 5.61. The van der Waals surface area contributed by atoms with E-state index in [0.717, 1.165) is 24.2 Å². The third kappa shape index (κ3) is 7.67. The lowest BCUT2D eigenvalue weighted by atomic mass is 10.1. The second kappa shape index (κ2) is 9.82. The van der Waals surface area contributed by atoms with Gasteiger partial charge in [-0.15, -0.1) is 0 Å². The molecule has 1 aromatic carbocycles. The van der Waals surface area contributed by atoms with Crippen LogP contribution in [0.1, 0.15) is 43.2 Å². The predicted molar refractivity (Wildman–Crippen MR) is 85.1 cm³/mol. The van der Waals surface area contributed by atoms with E-state index in [9.17, 15) is 9.59 Å². The van der Waals surface area contributed by atoms with E-state index in [1.54, 1.807) is 0 Å². The van der Waals surface area contributed by atoms with Gasteiger partial charge in [0.25, 0.3) is 0 Å². The zero-order valence-electron chi connectivity index (χ0n) is 13.4. The van der Waals surface area contributed by atoms with Crippen molar-refractivity contribution >= 4 is 11.9 Å². The molecule has 1 amide bonds. The van der Waals surface area contributed by atoms with Crippen LogP contribution in [0.3, 0.4) is 0 Å². The number of nitrogens with one attached hydrogen (secondary N) is 1. The van der Waals surface area contributed by atoms with Crippen molar-refractivity contribution in [2.45, 2.75) is 46.0 Å². The van der Waals surface area contributed by atoms with Crippen LogP contribution in [-0.2, 0) is 9.59 Å². The zero-order chi connectivity index (χ0) is 16.4. The lowest BCUT2D eigenvalue weighted by Gasteiger charge is -2.10. The Balaban J connectivity index is 2.09. The molecule has 0 fully saturated rings. The van der Waals surface area contributed by atoms with Crippen molar-refractivity contribution in [3.05, 3.63) is 29.3 Å². The van der Waals surface area contributed by atoms with Crippen LogP contribution in [-0.4, -0.2) is 30.1 Å². The van der Waals surface area contributed by atoms with Gasteiger partial charge < -0.3 is 15.2 Å². The van der Waals surface area contributed by atoms with Crippen molar-refractivity contribution in [2.75, 3.05) is 13.2 Å². The second-order valence-corrected chi connectivity index (χ2v) is 5.42. The molecule has 0 aliphatic carbocycles. The van der Waals surface area contributed by atoms with Gasteiger partial charge in [-0.1, -0.05) is 24.1 Å². The number of carbonyl (C=O) groups excluding carboxylic acids is 1. The molecule has 2 N–H and O–H groups in total. The number of hydrogen-bond donors (Lipinski definition) is 2. The number of rotatable bonds is 10. The molecule has 5 nitrogen and oxygen atoms in total. The fraction of sp³-hybridized carbons (Fsp3) is 0.529. The maximum absolute atomic E-state index is 11.6. The van der Waals surface area contributed by atoms with Crippen LogP contribution in [0.2, 0.25) is 0 Å². The normalized spacial score (nSPS) is 10.3. The highest BCUT2D eigenvalue weighted by Gasteiger charge is 2.04. The summed E-state index contributed by atoms with van der Waals surface area (Å²) in [5, 5.41) is 11.3. The third-order valence-electron chi connectivity index (χ3n) is 3.31. The molecule has 0 spiro atoms. The Bertz CT molecular complexity index is 499. The van der Waals surface area contributed by atoms with E-state index in [2.05, 4.69) is 5.32 Å². The van der Waals surface area contributed by atoms with Crippen LogP contribution < -0.4 is 10.1 Å². The van der Waals surface area contributed by atoms with Crippen LogP contribution in [0.15, 0.2) is 18.2 Å². The maximum atomic E-state index is 11.6. The predicted octanol–water partition coefficient (Wildman–Crippen LogP) is 2.83. The second-order valence-electron chi connectivity index (χ2n) is 5.42. The average molecular weight is 307 g/mol. The van der Waals surface area contributed by atoms with Gasteiger partial charge in [0.05, 0.1) is 13.0 Å². The Hall–Kier alpha value is -2.04. The van der Waals surface area contributed by atoms with E-state index in [1.165, 1.54) is 5.56 Å². The van der Waals surface area contributed by atoms with E-state index in [4.69, 9.17) is 9.84 Å². The average Bonchev–Trinajstić information content (AvgIpc) is 2.44. The number of carboxylic acid groups (broad SMARTS) is 1. The topological polar surface area (TPSA) is 75.6 Å². The van der Waals surface area contributed by atoms with Gasteiger partial charge in [-0.3, -0.25) is 9.59 Å². The van der Waals surface area contributed by atoms with Crippen molar-refractivity contribution < 1.29 is 19.4 Å². The summed E-state index contributed by atoms with van der Waals surface area (Å²) in [5.41, 5.74) is 2.25. The standard InChI is InChI=1S/C17H25NO4/c1-13-7-8-15(14(2)12-13)22-11-9-16(19)18-10-5-3-4-6-17(20)21/h7-8,12H,3-6,9-11H2,1-2H3,(H,18,19)(H,20,21). The number of carboxylic acids is 1. The molecule has 22 heavy (non-hydrogen) atoms. The highest BCUT2D eigenvalue weighted by atomic mass is 16.5. The van der Waals surface area contributed by atoms with Gasteiger partial charge in [0.2, 0.25) is 5.91 Å². The molecule has 0 saturated carbocycles. The number of unbranched alkanes of at least 4 members (excludes halogenated alkanes) is 2. The molecule has 0 aromatic heterocycles. The molecule has 0 unspecified atom stereocenters. The van der Waals surface area contributed by atoms with Crippen molar-refractivity contribution in [3.8, 4) is 5.75 Å². The number of hydrogen-bond acceptors (Lipinski definition) is 3. The minimum Gasteiger partial charge on any atom is -0.493 e. The van der Waals surface area contributed by atoms with Crippen molar-refractivity contribution in [3.63, 3.8) is 0 Å². The summed E-state index contributed by atoms with van der Waals surface area (Å²) in [6.45, 7) is 4.96. The molecule has 0 heterocycles. The SMILES string of the molecule is Cc1ccc(OCCC(=O)NCCCCCC(=O)O)c(C)c1. The largest absolute Gasteiger partial charge is 0.493 e. The first-order valence-corrected chi connectivity index (χ1v) is 7.67. The lowest BCUT2D eigenvalue weighted by Crippen LogP contribution is -2.25. The van der Waals surface area contributed by atoms with Gasteiger partial charge in [-0.05, 0) is 38.3 Å². The maximum Gasteiger partial charge on any atom is 0.303 e. The molecule has 5 heteroatoms. The van der Waals surface area contributed by atoms with Crippen molar-refractivity contribution in [1.82, 2.24) is 5.32 Å². The Kier molecular flexibility index (Phi) is 8.04. The van der Waals surface area contributed by atoms with E-state index in [-0.39, 0.29) is 12.3 Å². The minimum absolute atomic E-state index is 0.0389.